The van der Waals surface area contributed by atoms with Crippen LogP contribution in [-0.4, -0.2) is 17.6 Å². The number of rotatable bonds is 5. The van der Waals surface area contributed by atoms with Gasteiger partial charge in [0.25, 0.3) is 0 Å². The maximum atomic E-state index is 12.8. The molecule has 1 amide bonds. The van der Waals surface area contributed by atoms with Gasteiger partial charge in [0.15, 0.2) is 0 Å². The Balaban J connectivity index is 2.06. The van der Waals surface area contributed by atoms with Crippen molar-refractivity contribution in [3.8, 4) is 5.75 Å². The van der Waals surface area contributed by atoms with Gasteiger partial charge in [0.1, 0.15) is 5.75 Å². The van der Waals surface area contributed by atoms with Crippen molar-refractivity contribution in [2.24, 2.45) is 0 Å². The number of phenols is 1. The molecule has 0 aromatic heterocycles. The number of phenolic OH excluding ortho intramolecular Hbond substituents is 1. The lowest BCUT2D eigenvalue weighted by Crippen LogP contribution is -2.31. The van der Waals surface area contributed by atoms with Gasteiger partial charge in [-0.15, -0.1) is 0 Å². The molecule has 0 aliphatic heterocycles. The summed E-state index contributed by atoms with van der Waals surface area (Å²) in [5, 5.41) is 12.3. The fourth-order valence-corrected chi connectivity index (χ4v) is 2.51. The van der Waals surface area contributed by atoms with Crippen LogP contribution >= 0.6 is 0 Å². The van der Waals surface area contributed by atoms with E-state index in [1.807, 2.05) is 37.3 Å². The van der Waals surface area contributed by atoms with E-state index >= 15 is 0 Å². The van der Waals surface area contributed by atoms with Gasteiger partial charge in [-0.1, -0.05) is 37.3 Å². The van der Waals surface area contributed by atoms with Gasteiger partial charge in [-0.05, 0) is 42.2 Å². The zero-order valence-corrected chi connectivity index (χ0v) is 14.0. The van der Waals surface area contributed by atoms with Crippen molar-refractivity contribution in [3.05, 3.63) is 65.2 Å². The van der Waals surface area contributed by atoms with Crippen LogP contribution in [0.15, 0.2) is 48.5 Å². The number of hydrogen-bond donors (Lipinski definition) is 2. The van der Waals surface area contributed by atoms with Crippen LogP contribution in [0.4, 0.5) is 13.2 Å². The van der Waals surface area contributed by atoms with E-state index in [9.17, 15) is 23.1 Å². The average Bonchev–Trinajstić information content (AvgIpc) is 2.58. The molecule has 0 aliphatic carbocycles. The van der Waals surface area contributed by atoms with Gasteiger partial charge >= 0.3 is 6.18 Å². The molecule has 134 valence electrons. The first-order valence-corrected chi connectivity index (χ1v) is 7.92. The van der Waals surface area contributed by atoms with E-state index in [2.05, 4.69) is 5.32 Å². The quantitative estimate of drug-likeness (QED) is 0.837. The molecule has 2 aromatic rings. The summed E-state index contributed by atoms with van der Waals surface area (Å²) in [6.45, 7) is 3.84. The molecule has 2 N–H and O–H groups in total. The van der Waals surface area contributed by atoms with Crippen molar-refractivity contribution >= 4 is 5.91 Å². The van der Waals surface area contributed by atoms with Gasteiger partial charge in [0, 0.05) is 6.54 Å². The minimum Gasteiger partial charge on any atom is -0.508 e. The molecule has 2 rings (SSSR count). The first-order chi connectivity index (χ1) is 11.7. The fourth-order valence-electron chi connectivity index (χ4n) is 2.51. The lowest BCUT2D eigenvalue weighted by molar-refractivity contribution is -0.137. The van der Waals surface area contributed by atoms with Gasteiger partial charge in [-0.3, -0.25) is 4.79 Å². The standard InChI is InChI=1S/C19H20F3NO2/c1-12(14-6-4-3-5-7-14)11-23-18(25)13(2)15-8-16(19(20,21)22)10-17(24)9-15/h3-10,12-13,24H,11H2,1-2H3,(H,23,25)/t12-,13-/m0/s1. The summed E-state index contributed by atoms with van der Waals surface area (Å²) in [7, 11) is 0. The lowest BCUT2D eigenvalue weighted by Gasteiger charge is -2.18. The van der Waals surface area contributed by atoms with Crippen molar-refractivity contribution < 1.29 is 23.1 Å². The Morgan fingerprint density at radius 2 is 1.72 bits per heavy atom. The van der Waals surface area contributed by atoms with Crippen molar-refractivity contribution in [3.63, 3.8) is 0 Å². The maximum absolute atomic E-state index is 12.8. The summed E-state index contributed by atoms with van der Waals surface area (Å²) in [5.41, 5.74) is 0.212. The van der Waals surface area contributed by atoms with Crippen molar-refractivity contribution in [2.75, 3.05) is 6.54 Å². The molecule has 0 bridgehead atoms. The maximum Gasteiger partial charge on any atom is 0.416 e. The molecule has 0 unspecified atom stereocenters. The normalized spacial score (nSPS) is 14.0. The SMILES string of the molecule is C[C@H](C(=O)NC[C@H](C)c1ccccc1)c1cc(O)cc(C(F)(F)F)c1. The monoisotopic (exact) mass is 351 g/mol. The zero-order valence-electron chi connectivity index (χ0n) is 14.0. The van der Waals surface area contributed by atoms with E-state index in [1.165, 1.54) is 13.0 Å². The van der Waals surface area contributed by atoms with Gasteiger partial charge in [-0.2, -0.15) is 13.2 Å². The number of alkyl halides is 3. The van der Waals surface area contributed by atoms with Crippen LogP contribution in [0.2, 0.25) is 0 Å². The Kier molecular flexibility index (Phi) is 5.72. The smallest absolute Gasteiger partial charge is 0.416 e. The Bertz CT molecular complexity index is 729. The summed E-state index contributed by atoms with van der Waals surface area (Å²) in [6.07, 6.45) is -4.58. The number of benzene rings is 2. The Morgan fingerprint density at radius 1 is 1.08 bits per heavy atom. The van der Waals surface area contributed by atoms with Crippen LogP contribution in [0.1, 0.15) is 42.4 Å². The highest BCUT2D eigenvalue weighted by Gasteiger charge is 2.32. The number of carbonyl (C=O) groups is 1. The van der Waals surface area contributed by atoms with E-state index in [0.717, 1.165) is 11.6 Å². The molecule has 2 atom stereocenters. The molecule has 25 heavy (non-hydrogen) atoms. The van der Waals surface area contributed by atoms with Gasteiger partial charge in [0.2, 0.25) is 5.91 Å². The third kappa shape index (κ3) is 4.98. The van der Waals surface area contributed by atoms with Crippen LogP contribution in [-0.2, 0) is 11.0 Å². The van der Waals surface area contributed by atoms with Gasteiger partial charge < -0.3 is 10.4 Å². The highest BCUT2D eigenvalue weighted by molar-refractivity contribution is 5.83. The van der Waals surface area contributed by atoms with Crippen LogP contribution in [0, 0.1) is 0 Å². The molecular weight excluding hydrogens is 331 g/mol. The number of carbonyl (C=O) groups excluding carboxylic acids is 1. The summed E-state index contributed by atoms with van der Waals surface area (Å²) in [5.74, 6) is -1.63. The Morgan fingerprint density at radius 3 is 2.32 bits per heavy atom. The van der Waals surface area contributed by atoms with Crippen LogP contribution < -0.4 is 5.32 Å². The molecule has 0 fully saturated rings. The number of hydrogen-bond acceptors (Lipinski definition) is 2. The number of aromatic hydroxyl groups is 1. The molecular formula is C19H20F3NO2. The van der Waals surface area contributed by atoms with E-state index in [-0.39, 0.29) is 17.4 Å². The summed E-state index contributed by atoms with van der Waals surface area (Å²) in [6, 6.07) is 12.3. The second-order valence-corrected chi connectivity index (χ2v) is 6.09. The first kappa shape index (κ1) is 18.8. The van der Waals surface area contributed by atoms with E-state index in [0.29, 0.717) is 12.6 Å². The molecule has 0 radical (unpaired) electrons. The zero-order chi connectivity index (χ0) is 18.6. The van der Waals surface area contributed by atoms with E-state index in [1.54, 1.807) is 0 Å². The minimum absolute atomic E-state index is 0.0762. The highest BCUT2D eigenvalue weighted by atomic mass is 19.4. The molecule has 3 nitrogen and oxygen atoms in total. The Hall–Kier alpha value is -2.50. The number of nitrogens with one attached hydrogen (secondary N) is 1. The predicted molar refractivity (Wildman–Crippen MR) is 89.4 cm³/mol. The largest absolute Gasteiger partial charge is 0.508 e. The Labute approximate surface area is 144 Å². The van der Waals surface area contributed by atoms with Gasteiger partial charge in [-0.25, -0.2) is 0 Å². The molecule has 0 spiro atoms. The molecule has 0 heterocycles. The van der Waals surface area contributed by atoms with Gasteiger partial charge in [0.05, 0.1) is 11.5 Å². The lowest BCUT2D eigenvalue weighted by atomic mass is 9.96. The molecule has 0 aliphatic rings. The van der Waals surface area contributed by atoms with E-state index < -0.39 is 23.4 Å². The molecule has 0 saturated heterocycles. The minimum atomic E-state index is -4.58. The van der Waals surface area contributed by atoms with Crippen LogP contribution in [0.3, 0.4) is 0 Å². The van der Waals surface area contributed by atoms with Crippen molar-refractivity contribution in [2.45, 2.75) is 31.9 Å². The summed E-state index contributed by atoms with van der Waals surface area (Å²) >= 11 is 0. The van der Waals surface area contributed by atoms with Crippen LogP contribution in [0.25, 0.3) is 0 Å². The first-order valence-electron chi connectivity index (χ1n) is 7.92. The predicted octanol–water partition coefficient (Wildman–Crippen LogP) is 4.43. The van der Waals surface area contributed by atoms with Crippen LogP contribution in [0.5, 0.6) is 5.75 Å². The third-order valence-electron chi connectivity index (χ3n) is 4.11. The summed E-state index contributed by atoms with van der Waals surface area (Å²) in [4.78, 5) is 12.3. The fraction of sp³-hybridized carbons (Fsp3) is 0.316. The molecule has 6 heteroatoms. The number of amides is 1. The summed E-state index contributed by atoms with van der Waals surface area (Å²) < 4.78 is 38.5. The molecule has 0 saturated carbocycles. The average molecular weight is 351 g/mol. The van der Waals surface area contributed by atoms with Crippen molar-refractivity contribution in [1.82, 2.24) is 5.32 Å². The van der Waals surface area contributed by atoms with E-state index in [4.69, 9.17) is 0 Å². The highest BCUT2D eigenvalue weighted by Crippen LogP contribution is 2.34. The third-order valence-corrected chi connectivity index (χ3v) is 4.11. The van der Waals surface area contributed by atoms with Crippen molar-refractivity contribution in [1.29, 1.82) is 0 Å². The topological polar surface area (TPSA) is 49.3 Å². The number of halogens is 3. The molecule has 2 aromatic carbocycles. The second kappa shape index (κ2) is 7.59. The second-order valence-electron chi connectivity index (χ2n) is 6.09.